The van der Waals surface area contributed by atoms with Gasteiger partial charge in [0.25, 0.3) is 0 Å². The molecule has 0 radical (unpaired) electrons. The zero-order valence-electron chi connectivity index (χ0n) is 18.1. The summed E-state index contributed by atoms with van der Waals surface area (Å²) in [6, 6.07) is 15.1. The van der Waals surface area contributed by atoms with Crippen LogP contribution in [-0.2, 0) is 0 Å². The molecule has 0 saturated carbocycles. The van der Waals surface area contributed by atoms with E-state index in [-0.39, 0.29) is 17.5 Å². The fraction of sp³-hybridized carbons (Fsp3) is 0.200. The van der Waals surface area contributed by atoms with Crippen molar-refractivity contribution in [2.45, 2.75) is 12.5 Å². The quantitative estimate of drug-likeness (QED) is 0.452. The highest BCUT2D eigenvalue weighted by Gasteiger charge is 2.23. The maximum absolute atomic E-state index is 14.3. The molecule has 1 atom stereocenters. The van der Waals surface area contributed by atoms with E-state index in [1.807, 2.05) is 23.1 Å². The Morgan fingerprint density at radius 3 is 2.36 bits per heavy atom. The first kappa shape index (κ1) is 21.1. The van der Waals surface area contributed by atoms with Gasteiger partial charge in [0.15, 0.2) is 11.6 Å². The van der Waals surface area contributed by atoms with Gasteiger partial charge in [-0.1, -0.05) is 18.2 Å². The van der Waals surface area contributed by atoms with Crippen LogP contribution in [0.25, 0.3) is 33.3 Å². The number of hydrogen-bond donors (Lipinski definition) is 2. The van der Waals surface area contributed by atoms with Crippen LogP contribution in [0.4, 0.5) is 20.4 Å². The highest BCUT2D eigenvalue weighted by atomic mass is 19.1. The van der Waals surface area contributed by atoms with E-state index in [1.54, 1.807) is 18.2 Å². The lowest BCUT2D eigenvalue weighted by Crippen LogP contribution is -2.27. The van der Waals surface area contributed by atoms with Crippen molar-refractivity contribution >= 4 is 22.5 Å². The number of nitrogens with two attached hydrogens (primary N) is 2. The van der Waals surface area contributed by atoms with Crippen LogP contribution in [0, 0.1) is 11.6 Å². The largest absolute Gasteiger partial charge is 0.494 e. The smallest absolute Gasteiger partial charge is 0.226 e. The standard InChI is InChI=1S/C25H23F2N5O/c1-33-23-7-4-15(11-20(23)27)14-3-6-22-18(10-14)24(16-2-5-21(29)19(26)12-16)31-25(30-22)32-9-8-17(28)13-32/h2-7,10-12,17H,8-9,13,28-29H2,1H3/t17-/m1/s1. The molecule has 1 fully saturated rings. The number of nitrogens with zero attached hydrogens (tertiary/aromatic N) is 3. The number of aromatic nitrogens is 2. The first-order valence-corrected chi connectivity index (χ1v) is 10.6. The predicted octanol–water partition coefficient (Wildman–Crippen LogP) is 4.37. The van der Waals surface area contributed by atoms with Gasteiger partial charge in [-0.3, -0.25) is 0 Å². The van der Waals surface area contributed by atoms with Crippen molar-refractivity contribution in [1.82, 2.24) is 9.97 Å². The molecule has 0 spiro atoms. The molecule has 1 aliphatic rings. The van der Waals surface area contributed by atoms with Gasteiger partial charge in [-0.25, -0.2) is 18.7 Å². The predicted molar refractivity (Wildman–Crippen MR) is 126 cm³/mol. The molecule has 5 rings (SSSR count). The Kier molecular flexibility index (Phi) is 5.30. The first-order valence-electron chi connectivity index (χ1n) is 10.6. The number of methoxy groups -OCH3 is 1. The zero-order chi connectivity index (χ0) is 23.1. The molecule has 6 nitrogen and oxygen atoms in total. The SMILES string of the molecule is COc1ccc(-c2ccc3nc(N4CC[C@@H](N)C4)nc(-c4ccc(N)c(F)c4)c3c2)cc1F. The number of hydrogen-bond acceptors (Lipinski definition) is 6. The van der Waals surface area contributed by atoms with Gasteiger partial charge in [-0.05, 0) is 53.9 Å². The second-order valence-corrected chi connectivity index (χ2v) is 8.18. The van der Waals surface area contributed by atoms with E-state index in [9.17, 15) is 8.78 Å². The fourth-order valence-corrected chi connectivity index (χ4v) is 4.15. The Morgan fingerprint density at radius 2 is 1.67 bits per heavy atom. The van der Waals surface area contributed by atoms with Crippen LogP contribution in [-0.4, -0.2) is 36.2 Å². The molecule has 4 aromatic rings. The molecule has 1 saturated heterocycles. The van der Waals surface area contributed by atoms with Gasteiger partial charge in [0.1, 0.15) is 5.82 Å². The lowest BCUT2D eigenvalue weighted by Gasteiger charge is -2.18. The van der Waals surface area contributed by atoms with Crippen LogP contribution in [0.2, 0.25) is 0 Å². The summed E-state index contributed by atoms with van der Waals surface area (Å²) in [4.78, 5) is 11.6. The number of fused-ring (bicyclic) bond motifs is 1. The molecule has 0 aliphatic carbocycles. The summed E-state index contributed by atoms with van der Waals surface area (Å²) >= 11 is 0. The highest BCUT2D eigenvalue weighted by Crippen LogP contribution is 2.34. The molecule has 2 heterocycles. The van der Waals surface area contributed by atoms with Gasteiger partial charge in [0, 0.05) is 30.1 Å². The third-order valence-corrected chi connectivity index (χ3v) is 5.95. The minimum absolute atomic E-state index is 0.0639. The van der Waals surface area contributed by atoms with Crippen molar-refractivity contribution in [3.8, 4) is 28.1 Å². The van der Waals surface area contributed by atoms with Crippen LogP contribution in [0.3, 0.4) is 0 Å². The Bertz CT molecular complexity index is 1360. The second kappa shape index (κ2) is 8.29. The third kappa shape index (κ3) is 3.93. The van der Waals surface area contributed by atoms with E-state index in [4.69, 9.17) is 26.2 Å². The number of rotatable bonds is 4. The number of nitrogen functional groups attached to an aromatic ring is 1. The van der Waals surface area contributed by atoms with Crippen LogP contribution in [0.1, 0.15) is 6.42 Å². The average Bonchev–Trinajstić information content (AvgIpc) is 3.26. The van der Waals surface area contributed by atoms with Crippen molar-refractivity contribution in [3.05, 3.63) is 66.2 Å². The molecule has 0 unspecified atom stereocenters. The monoisotopic (exact) mass is 447 g/mol. The molecular weight excluding hydrogens is 424 g/mol. The minimum Gasteiger partial charge on any atom is -0.494 e. The lowest BCUT2D eigenvalue weighted by molar-refractivity contribution is 0.386. The Morgan fingerprint density at radius 1 is 0.939 bits per heavy atom. The van der Waals surface area contributed by atoms with Gasteiger partial charge < -0.3 is 21.1 Å². The first-order chi connectivity index (χ1) is 15.9. The van der Waals surface area contributed by atoms with Crippen LogP contribution < -0.4 is 21.1 Å². The normalized spacial score (nSPS) is 15.9. The molecule has 1 aromatic heterocycles. The third-order valence-electron chi connectivity index (χ3n) is 5.95. The van der Waals surface area contributed by atoms with Gasteiger partial charge in [0.2, 0.25) is 5.95 Å². The number of ether oxygens (including phenoxy) is 1. The number of halogens is 2. The summed E-state index contributed by atoms with van der Waals surface area (Å²) < 4.78 is 33.7. The summed E-state index contributed by atoms with van der Waals surface area (Å²) in [5.41, 5.74) is 15.1. The Labute approximate surface area is 189 Å². The van der Waals surface area contributed by atoms with Crippen molar-refractivity contribution in [2.24, 2.45) is 5.73 Å². The molecule has 0 bridgehead atoms. The van der Waals surface area contributed by atoms with Crippen molar-refractivity contribution in [3.63, 3.8) is 0 Å². The van der Waals surface area contributed by atoms with Crippen molar-refractivity contribution in [1.29, 1.82) is 0 Å². The van der Waals surface area contributed by atoms with Crippen molar-refractivity contribution in [2.75, 3.05) is 30.8 Å². The highest BCUT2D eigenvalue weighted by molar-refractivity contribution is 5.96. The maximum atomic E-state index is 14.3. The summed E-state index contributed by atoms with van der Waals surface area (Å²) in [6.07, 6.45) is 0.856. The van der Waals surface area contributed by atoms with E-state index in [0.29, 0.717) is 34.8 Å². The van der Waals surface area contributed by atoms with Crippen LogP contribution >= 0.6 is 0 Å². The van der Waals surface area contributed by atoms with E-state index in [0.717, 1.165) is 23.9 Å². The van der Waals surface area contributed by atoms with E-state index >= 15 is 0 Å². The van der Waals surface area contributed by atoms with E-state index in [1.165, 1.54) is 25.3 Å². The molecule has 8 heteroatoms. The zero-order valence-corrected chi connectivity index (χ0v) is 18.1. The summed E-state index contributed by atoms with van der Waals surface area (Å²) in [6.45, 7) is 1.41. The fourth-order valence-electron chi connectivity index (χ4n) is 4.15. The minimum atomic E-state index is -0.516. The van der Waals surface area contributed by atoms with Gasteiger partial charge >= 0.3 is 0 Å². The molecule has 168 valence electrons. The van der Waals surface area contributed by atoms with Gasteiger partial charge in [0.05, 0.1) is 24.0 Å². The Balaban J connectivity index is 1.69. The van der Waals surface area contributed by atoms with E-state index in [2.05, 4.69) is 0 Å². The molecule has 33 heavy (non-hydrogen) atoms. The van der Waals surface area contributed by atoms with Crippen LogP contribution in [0.5, 0.6) is 5.75 Å². The molecular formula is C25H23F2N5O. The molecule has 3 aromatic carbocycles. The average molecular weight is 447 g/mol. The number of benzene rings is 3. The lowest BCUT2D eigenvalue weighted by atomic mass is 10.00. The van der Waals surface area contributed by atoms with Gasteiger partial charge in [-0.2, -0.15) is 0 Å². The molecule has 4 N–H and O–H groups in total. The number of anilines is 2. The summed E-state index contributed by atoms with van der Waals surface area (Å²) in [5, 5.41) is 0.722. The maximum Gasteiger partial charge on any atom is 0.226 e. The molecule has 0 amide bonds. The van der Waals surface area contributed by atoms with Gasteiger partial charge in [-0.15, -0.1) is 0 Å². The summed E-state index contributed by atoms with van der Waals surface area (Å²) in [5.74, 6) is -0.245. The van der Waals surface area contributed by atoms with E-state index < -0.39 is 11.6 Å². The Hall–Kier alpha value is -3.78. The van der Waals surface area contributed by atoms with Crippen LogP contribution in [0.15, 0.2) is 54.6 Å². The topological polar surface area (TPSA) is 90.3 Å². The summed E-state index contributed by atoms with van der Waals surface area (Å²) in [7, 11) is 1.42. The second-order valence-electron chi connectivity index (χ2n) is 8.18. The molecule has 1 aliphatic heterocycles. The van der Waals surface area contributed by atoms with Crippen molar-refractivity contribution < 1.29 is 13.5 Å².